The molecule has 1 fully saturated rings. The van der Waals surface area contributed by atoms with Crippen molar-refractivity contribution < 1.29 is 14.3 Å². The molecule has 1 aliphatic heterocycles. The maximum absolute atomic E-state index is 12.1. The van der Waals surface area contributed by atoms with Gasteiger partial charge in [-0.2, -0.15) is 11.8 Å². The number of thioether (sulfide) groups is 1. The molecule has 2 atom stereocenters. The second kappa shape index (κ2) is 7.36. The minimum Gasteiger partial charge on any atom is -0.497 e. The zero-order chi connectivity index (χ0) is 15.2. The number of carbonyl (C=O) groups is 2. The molecule has 2 N–H and O–H groups in total. The maximum Gasteiger partial charge on any atom is 0.243 e. The van der Waals surface area contributed by atoms with Gasteiger partial charge in [0.25, 0.3) is 0 Å². The molecular weight excluding hydrogens is 288 g/mol. The van der Waals surface area contributed by atoms with E-state index in [1.165, 1.54) is 0 Å². The lowest BCUT2D eigenvalue weighted by Gasteiger charge is -2.29. The number of ether oxygens (including phenoxy) is 1. The molecule has 21 heavy (non-hydrogen) atoms. The molecule has 1 heterocycles. The first-order valence-electron chi connectivity index (χ1n) is 6.86. The highest BCUT2D eigenvalue weighted by molar-refractivity contribution is 7.98. The van der Waals surface area contributed by atoms with Crippen molar-refractivity contribution in [3.63, 3.8) is 0 Å². The summed E-state index contributed by atoms with van der Waals surface area (Å²) in [6.45, 7) is 0. The molecule has 1 saturated heterocycles. The van der Waals surface area contributed by atoms with Crippen LogP contribution in [0.15, 0.2) is 24.3 Å². The Balaban J connectivity index is 1.95. The van der Waals surface area contributed by atoms with Crippen molar-refractivity contribution in [2.45, 2.75) is 24.9 Å². The Morgan fingerprint density at radius 1 is 1.10 bits per heavy atom. The second-order valence-electron chi connectivity index (χ2n) is 4.96. The lowest BCUT2D eigenvalue weighted by molar-refractivity contribution is -0.136. The number of benzene rings is 1. The molecule has 1 aliphatic rings. The van der Waals surface area contributed by atoms with Crippen LogP contribution in [0.2, 0.25) is 0 Å². The van der Waals surface area contributed by atoms with Crippen molar-refractivity contribution in [3.05, 3.63) is 29.8 Å². The van der Waals surface area contributed by atoms with Gasteiger partial charge in [0.15, 0.2) is 0 Å². The standard InChI is InChI=1S/C15H20N2O3S/c1-20-11-5-3-10(4-6-11)9-13-15(19)16-12(7-8-21-2)14(18)17-13/h3-6,12-13H,7-9H2,1-2H3,(H,16,19)(H,17,18)/t12-,13-/m1/s1. The fraction of sp³-hybridized carbons (Fsp3) is 0.467. The number of hydrogen-bond donors (Lipinski definition) is 2. The van der Waals surface area contributed by atoms with Crippen molar-refractivity contribution in [1.29, 1.82) is 0 Å². The van der Waals surface area contributed by atoms with Crippen LogP contribution < -0.4 is 15.4 Å². The quantitative estimate of drug-likeness (QED) is 0.822. The van der Waals surface area contributed by atoms with Crippen LogP contribution >= 0.6 is 11.8 Å². The Kier molecular flexibility index (Phi) is 5.50. The molecule has 0 unspecified atom stereocenters. The molecular formula is C15H20N2O3S. The summed E-state index contributed by atoms with van der Waals surface area (Å²) in [5.74, 6) is 1.41. The molecule has 0 aromatic heterocycles. The normalized spacial score (nSPS) is 21.6. The first-order chi connectivity index (χ1) is 10.1. The van der Waals surface area contributed by atoms with Gasteiger partial charge in [-0.1, -0.05) is 12.1 Å². The van der Waals surface area contributed by atoms with Gasteiger partial charge in [0.2, 0.25) is 11.8 Å². The summed E-state index contributed by atoms with van der Waals surface area (Å²) in [5, 5.41) is 5.62. The predicted octanol–water partition coefficient (Wildman–Crippen LogP) is 0.974. The number of methoxy groups -OCH3 is 1. The van der Waals surface area contributed by atoms with Crippen LogP contribution in [-0.4, -0.2) is 43.0 Å². The van der Waals surface area contributed by atoms with Crippen LogP contribution in [0.25, 0.3) is 0 Å². The average Bonchev–Trinajstić information content (AvgIpc) is 2.50. The van der Waals surface area contributed by atoms with Crippen LogP contribution in [0.4, 0.5) is 0 Å². The summed E-state index contributed by atoms with van der Waals surface area (Å²) in [4.78, 5) is 24.1. The summed E-state index contributed by atoms with van der Waals surface area (Å²) in [6, 6.07) is 6.59. The highest BCUT2D eigenvalue weighted by atomic mass is 32.2. The number of rotatable bonds is 6. The van der Waals surface area contributed by atoms with E-state index in [0.717, 1.165) is 17.1 Å². The number of hydrogen-bond acceptors (Lipinski definition) is 4. The Morgan fingerprint density at radius 3 is 2.33 bits per heavy atom. The summed E-state index contributed by atoms with van der Waals surface area (Å²) in [7, 11) is 1.61. The first kappa shape index (κ1) is 15.7. The van der Waals surface area contributed by atoms with Crippen LogP contribution in [0.1, 0.15) is 12.0 Å². The van der Waals surface area contributed by atoms with Gasteiger partial charge in [-0.3, -0.25) is 9.59 Å². The van der Waals surface area contributed by atoms with E-state index in [2.05, 4.69) is 10.6 Å². The van der Waals surface area contributed by atoms with E-state index in [0.29, 0.717) is 12.8 Å². The fourth-order valence-corrected chi connectivity index (χ4v) is 2.73. The van der Waals surface area contributed by atoms with Gasteiger partial charge in [0.1, 0.15) is 17.8 Å². The molecule has 1 aromatic rings. The minimum absolute atomic E-state index is 0.0952. The molecule has 0 aliphatic carbocycles. The van der Waals surface area contributed by atoms with Crippen LogP contribution in [0, 0.1) is 0 Å². The number of amides is 2. The number of carbonyl (C=O) groups excluding carboxylic acids is 2. The molecule has 2 amide bonds. The first-order valence-corrected chi connectivity index (χ1v) is 8.26. The van der Waals surface area contributed by atoms with E-state index in [1.807, 2.05) is 30.5 Å². The lowest BCUT2D eigenvalue weighted by Crippen LogP contribution is -2.62. The Morgan fingerprint density at radius 2 is 1.71 bits per heavy atom. The molecule has 1 aromatic carbocycles. The zero-order valence-electron chi connectivity index (χ0n) is 12.2. The molecule has 0 saturated carbocycles. The molecule has 0 spiro atoms. The van der Waals surface area contributed by atoms with Gasteiger partial charge >= 0.3 is 0 Å². The molecule has 5 nitrogen and oxygen atoms in total. The van der Waals surface area contributed by atoms with Crippen LogP contribution in [-0.2, 0) is 16.0 Å². The van der Waals surface area contributed by atoms with E-state index >= 15 is 0 Å². The highest BCUT2D eigenvalue weighted by Gasteiger charge is 2.33. The minimum atomic E-state index is -0.503. The van der Waals surface area contributed by atoms with Crippen molar-refractivity contribution >= 4 is 23.6 Å². The van der Waals surface area contributed by atoms with Gasteiger partial charge in [-0.05, 0) is 36.1 Å². The van der Waals surface area contributed by atoms with E-state index < -0.39 is 12.1 Å². The molecule has 114 valence electrons. The summed E-state index contributed by atoms with van der Waals surface area (Å²) in [5.41, 5.74) is 0.985. The molecule has 2 rings (SSSR count). The Bertz CT molecular complexity index is 504. The average molecular weight is 308 g/mol. The van der Waals surface area contributed by atoms with Gasteiger partial charge in [0.05, 0.1) is 7.11 Å². The molecule has 0 bridgehead atoms. The van der Waals surface area contributed by atoms with Crippen molar-refractivity contribution in [2.24, 2.45) is 0 Å². The monoisotopic (exact) mass is 308 g/mol. The largest absolute Gasteiger partial charge is 0.497 e. The third kappa shape index (κ3) is 4.14. The van der Waals surface area contributed by atoms with Crippen LogP contribution in [0.5, 0.6) is 5.75 Å². The summed E-state index contributed by atoms with van der Waals surface area (Å²) >= 11 is 1.66. The van der Waals surface area contributed by atoms with Gasteiger partial charge in [0, 0.05) is 6.42 Å². The summed E-state index contributed by atoms with van der Waals surface area (Å²) in [6.07, 6.45) is 3.12. The van der Waals surface area contributed by atoms with Gasteiger partial charge in [-0.15, -0.1) is 0 Å². The SMILES string of the molecule is COc1ccc(C[C@H]2NC(=O)[C@@H](CCSC)NC2=O)cc1. The van der Waals surface area contributed by atoms with E-state index in [1.54, 1.807) is 18.9 Å². The zero-order valence-corrected chi connectivity index (χ0v) is 13.0. The third-order valence-electron chi connectivity index (χ3n) is 3.48. The van der Waals surface area contributed by atoms with Gasteiger partial charge in [-0.25, -0.2) is 0 Å². The van der Waals surface area contributed by atoms with Crippen LogP contribution in [0.3, 0.4) is 0 Å². The van der Waals surface area contributed by atoms with Gasteiger partial charge < -0.3 is 15.4 Å². The number of nitrogens with one attached hydrogen (secondary N) is 2. The summed E-state index contributed by atoms with van der Waals surface area (Å²) < 4.78 is 5.10. The molecule has 0 radical (unpaired) electrons. The van der Waals surface area contributed by atoms with E-state index in [9.17, 15) is 9.59 Å². The third-order valence-corrected chi connectivity index (χ3v) is 4.12. The molecule has 6 heteroatoms. The number of piperazine rings is 1. The topological polar surface area (TPSA) is 67.4 Å². The van der Waals surface area contributed by atoms with E-state index in [4.69, 9.17) is 4.74 Å². The van der Waals surface area contributed by atoms with Crippen molar-refractivity contribution in [3.8, 4) is 5.75 Å². The highest BCUT2D eigenvalue weighted by Crippen LogP contribution is 2.14. The maximum atomic E-state index is 12.1. The lowest BCUT2D eigenvalue weighted by atomic mass is 10.0. The van der Waals surface area contributed by atoms with E-state index in [-0.39, 0.29) is 11.8 Å². The second-order valence-corrected chi connectivity index (χ2v) is 5.94. The Hall–Kier alpha value is -1.69. The smallest absolute Gasteiger partial charge is 0.243 e. The van der Waals surface area contributed by atoms with Crippen molar-refractivity contribution in [1.82, 2.24) is 10.6 Å². The Labute approximate surface area is 128 Å². The van der Waals surface area contributed by atoms with Crippen molar-refractivity contribution in [2.75, 3.05) is 19.1 Å². The predicted molar refractivity (Wildman–Crippen MR) is 83.6 cm³/mol. The fourth-order valence-electron chi connectivity index (χ4n) is 2.26.